The van der Waals surface area contributed by atoms with Crippen molar-refractivity contribution in [2.45, 2.75) is 6.18 Å². The Morgan fingerprint density at radius 3 is 2.10 bits per heavy atom. The van der Waals surface area contributed by atoms with Gasteiger partial charge in [0.1, 0.15) is 5.02 Å². The summed E-state index contributed by atoms with van der Waals surface area (Å²) in [5.74, 6) is -1.33. The van der Waals surface area contributed by atoms with E-state index in [0.717, 1.165) is 12.3 Å². The van der Waals surface area contributed by atoms with Crippen molar-refractivity contribution in [2.75, 3.05) is 17.2 Å². The van der Waals surface area contributed by atoms with Crippen molar-refractivity contribution >= 4 is 34.8 Å². The maximum Gasteiger partial charge on any atom is 0.422 e. The van der Waals surface area contributed by atoms with Crippen LogP contribution < -0.4 is 15.4 Å². The molecule has 0 aliphatic carbocycles. The van der Waals surface area contributed by atoms with Gasteiger partial charge in [0.05, 0.1) is 5.56 Å². The van der Waals surface area contributed by atoms with Gasteiger partial charge in [0.25, 0.3) is 11.8 Å². The second-order valence-electron chi connectivity index (χ2n) is 6.27. The van der Waals surface area contributed by atoms with Crippen LogP contribution in [-0.4, -0.2) is 29.6 Å². The Bertz CT molecular complexity index is 1090. The van der Waals surface area contributed by atoms with E-state index in [-0.39, 0.29) is 16.5 Å². The Morgan fingerprint density at radius 2 is 1.52 bits per heavy atom. The Morgan fingerprint density at radius 1 is 0.903 bits per heavy atom. The van der Waals surface area contributed by atoms with Gasteiger partial charge in [-0.25, -0.2) is 4.98 Å². The highest BCUT2D eigenvalue weighted by molar-refractivity contribution is 6.32. The topological polar surface area (TPSA) is 80.3 Å². The molecule has 6 nitrogen and oxygen atoms in total. The third kappa shape index (κ3) is 6.45. The molecule has 0 spiro atoms. The number of aromatic nitrogens is 1. The number of alkyl halides is 3. The van der Waals surface area contributed by atoms with Crippen LogP contribution in [0.2, 0.25) is 5.02 Å². The maximum atomic E-state index is 12.4. The van der Waals surface area contributed by atoms with Gasteiger partial charge in [-0.05, 0) is 36.4 Å². The molecule has 31 heavy (non-hydrogen) atoms. The number of nitrogens with one attached hydrogen (secondary N) is 2. The minimum absolute atomic E-state index is 0.0167. The number of amides is 2. The SMILES string of the molecule is O=C(Nc1cccc(NC(=O)c2cnc(OCC(F)(F)F)c(Cl)c2)c1)c1ccccc1. The first-order valence-electron chi connectivity index (χ1n) is 8.84. The van der Waals surface area contributed by atoms with Crippen LogP contribution in [0.1, 0.15) is 20.7 Å². The van der Waals surface area contributed by atoms with E-state index < -0.39 is 24.6 Å². The zero-order chi connectivity index (χ0) is 22.4. The number of benzene rings is 2. The Labute approximate surface area is 180 Å². The summed E-state index contributed by atoms with van der Waals surface area (Å²) in [6.07, 6.45) is -3.49. The van der Waals surface area contributed by atoms with Crippen molar-refractivity contribution in [1.29, 1.82) is 0 Å². The van der Waals surface area contributed by atoms with Gasteiger partial charge in [-0.2, -0.15) is 13.2 Å². The molecule has 0 radical (unpaired) electrons. The molecule has 0 fully saturated rings. The van der Waals surface area contributed by atoms with Gasteiger partial charge in [-0.3, -0.25) is 9.59 Å². The number of nitrogens with zero attached hydrogens (tertiary/aromatic N) is 1. The monoisotopic (exact) mass is 449 g/mol. The molecule has 10 heteroatoms. The van der Waals surface area contributed by atoms with Crippen molar-refractivity contribution in [3.05, 3.63) is 83.0 Å². The smallest absolute Gasteiger partial charge is 0.422 e. The fraction of sp³-hybridized carbons (Fsp3) is 0.0952. The summed E-state index contributed by atoms with van der Waals surface area (Å²) >= 11 is 5.86. The van der Waals surface area contributed by atoms with Crippen LogP contribution in [0.15, 0.2) is 66.9 Å². The molecule has 1 aromatic heterocycles. The molecule has 3 aromatic rings. The van der Waals surface area contributed by atoms with Gasteiger partial charge < -0.3 is 15.4 Å². The average molecular weight is 450 g/mol. The highest BCUT2D eigenvalue weighted by Crippen LogP contribution is 2.25. The molecule has 2 aromatic carbocycles. The molecule has 0 bridgehead atoms. The van der Waals surface area contributed by atoms with E-state index in [1.807, 2.05) is 0 Å². The van der Waals surface area contributed by atoms with E-state index in [1.165, 1.54) is 0 Å². The van der Waals surface area contributed by atoms with Crippen molar-refractivity contribution in [1.82, 2.24) is 4.98 Å². The number of carbonyl (C=O) groups excluding carboxylic acids is 2. The first-order chi connectivity index (χ1) is 14.7. The first-order valence-corrected chi connectivity index (χ1v) is 9.22. The van der Waals surface area contributed by atoms with E-state index in [2.05, 4.69) is 20.4 Å². The van der Waals surface area contributed by atoms with Gasteiger partial charge >= 0.3 is 6.18 Å². The number of hydrogen-bond donors (Lipinski definition) is 2. The van der Waals surface area contributed by atoms with E-state index in [4.69, 9.17) is 11.6 Å². The number of hydrogen-bond acceptors (Lipinski definition) is 4. The molecule has 0 saturated heterocycles. The summed E-state index contributed by atoms with van der Waals surface area (Å²) in [6, 6.07) is 16.2. The number of pyridine rings is 1. The molecule has 0 saturated carbocycles. The molecule has 160 valence electrons. The van der Waals surface area contributed by atoms with Crippen LogP contribution in [0.5, 0.6) is 5.88 Å². The van der Waals surface area contributed by atoms with Gasteiger partial charge in [0.2, 0.25) is 5.88 Å². The largest absolute Gasteiger partial charge is 0.467 e. The predicted octanol–water partition coefficient (Wildman–Crippen LogP) is 5.18. The molecular formula is C21H15ClF3N3O3. The molecule has 0 atom stereocenters. The Hall–Kier alpha value is -3.59. The Balaban J connectivity index is 1.66. The van der Waals surface area contributed by atoms with Crippen molar-refractivity contribution in [3.8, 4) is 5.88 Å². The summed E-state index contributed by atoms with van der Waals surface area (Å²) in [7, 11) is 0. The molecule has 3 rings (SSSR count). The van der Waals surface area contributed by atoms with Crippen LogP contribution >= 0.6 is 11.6 Å². The lowest BCUT2D eigenvalue weighted by atomic mass is 10.2. The van der Waals surface area contributed by atoms with Crippen molar-refractivity contribution in [3.63, 3.8) is 0 Å². The van der Waals surface area contributed by atoms with E-state index in [0.29, 0.717) is 16.9 Å². The zero-order valence-electron chi connectivity index (χ0n) is 15.7. The minimum Gasteiger partial charge on any atom is -0.467 e. The lowest BCUT2D eigenvalue weighted by Gasteiger charge is -2.11. The highest BCUT2D eigenvalue weighted by Gasteiger charge is 2.29. The van der Waals surface area contributed by atoms with E-state index in [1.54, 1.807) is 54.6 Å². The standard InChI is InChI=1S/C21H15ClF3N3O3/c22-17-9-14(11-26-20(17)31-12-21(23,24)25)19(30)28-16-8-4-7-15(10-16)27-18(29)13-5-2-1-3-6-13/h1-11H,12H2,(H,27,29)(H,28,30). The quantitative estimate of drug-likeness (QED) is 0.543. The molecule has 0 unspecified atom stereocenters. The summed E-state index contributed by atoms with van der Waals surface area (Å²) in [5, 5.41) is 5.09. The van der Waals surface area contributed by atoms with Gasteiger partial charge in [0.15, 0.2) is 6.61 Å². The molecule has 0 aliphatic rings. The minimum atomic E-state index is -4.54. The molecule has 0 aliphatic heterocycles. The van der Waals surface area contributed by atoms with Crippen LogP contribution in [0.25, 0.3) is 0 Å². The van der Waals surface area contributed by atoms with Crippen LogP contribution in [0, 0.1) is 0 Å². The predicted molar refractivity (Wildman–Crippen MR) is 110 cm³/mol. The van der Waals surface area contributed by atoms with Crippen LogP contribution in [0.3, 0.4) is 0 Å². The number of anilines is 2. The summed E-state index contributed by atoms with van der Waals surface area (Å²) in [6.45, 7) is -1.55. The second kappa shape index (κ2) is 9.48. The Kier molecular flexibility index (Phi) is 6.76. The average Bonchev–Trinajstić information content (AvgIpc) is 2.73. The van der Waals surface area contributed by atoms with Gasteiger partial charge in [0, 0.05) is 23.1 Å². The lowest BCUT2D eigenvalue weighted by Crippen LogP contribution is -2.20. The summed E-state index contributed by atoms with van der Waals surface area (Å²) < 4.78 is 41.2. The lowest BCUT2D eigenvalue weighted by molar-refractivity contribution is -0.154. The fourth-order valence-corrected chi connectivity index (χ4v) is 2.70. The number of ether oxygens (including phenoxy) is 1. The summed E-state index contributed by atoms with van der Waals surface area (Å²) in [4.78, 5) is 28.3. The zero-order valence-corrected chi connectivity index (χ0v) is 16.5. The second-order valence-corrected chi connectivity index (χ2v) is 6.68. The van der Waals surface area contributed by atoms with Crippen molar-refractivity contribution in [2.24, 2.45) is 0 Å². The van der Waals surface area contributed by atoms with Crippen molar-refractivity contribution < 1.29 is 27.5 Å². The number of rotatable bonds is 6. The van der Waals surface area contributed by atoms with Gasteiger partial charge in [-0.1, -0.05) is 35.9 Å². The van der Waals surface area contributed by atoms with Crippen LogP contribution in [-0.2, 0) is 0 Å². The van der Waals surface area contributed by atoms with Crippen LogP contribution in [0.4, 0.5) is 24.5 Å². The molecule has 2 N–H and O–H groups in total. The number of halogens is 4. The molecular weight excluding hydrogens is 435 g/mol. The first kappa shape index (κ1) is 22.1. The fourth-order valence-electron chi connectivity index (χ4n) is 2.48. The molecule has 2 amide bonds. The third-order valence-electron chi connectivity index (χ3n) is 3.86. The van der Waals surface area contributed by atoms with Gasteiger partial charge in [-0.15, -0.1) is 0 Å². The van der Waals surface area contributed by atoms with E-state index >= 15 is 0 Å². The molecule has 1 heterocycles. The summed E-state index contributed by atoms with van der Waals surface area (Å²) in [5.41, 5.74) is 1.33. The highest BCUT2D eigenvalue weighted by atomic mass is 35.5. The van der Waals surface area contributed by atoms with E-state index in [9.17, 15) is 22.8 Å². The third-order valence-corrected chi connectivity index (χ3v) is 4.13. The number of carbonyl (C=O) groups is 2. The normalized spacial score (nSPS) is 11.0. The maximum absolute atomic E-state index is 12.4.